The van der Waals surface area contributed by atoms with E-state index in [2.05, 4.69) is 259 Å². The highest BCUT2D eigenvalue weighted by Gasteiger charge is 2.58. The molecule has 0 saturated heterocycles. The predicted molar refractivity (Wildman–Crippen MR) is 346 cm³/mol. The highest BCUT2D eigenvalue weighted by atomic mass is 16.3. The van der Waals surface area contributed by atoms with Gasteiger partial charge in [0, 0.05) is 50.6 Å². The Labute approximate surface area is 485 Å². The quantitative estimate of drug-likeness (QED) is 0.164. The van der Waals surface area contributed by atoms with Gasteiger partial charge < -0.3 is 19.1 Å². The Morgan fingerprint density at radius 2 is 0.963 bits per heavy atom. The summed E-state index contributed by atoms with van der Waals surface area (Å²) in [7, 11) is 0. The maximum absolute atomic E-state index is 7.88. The van der Waals surface area contributed by atoms with Crippen molar-refractivity contribution in [1.29, 1.82) is 0 Å². The first-order chi connectivity index (χ1) is 38.1. The number of nitrogens with zero attached hydrogens (tertiary/aromatic N) is 3. The van der Waals surface area contributed by atoms with Gasteiger partial charge in [0.15, 0.2) is 0 Å². The van der Waals surface area contributed by atoms with E-state index in [9.17, 15) is 0 Å². The third-order valence-electron chi connectivity index (χ3n) is 22.0. The van der Waals surface area contributed by atoms with Crippen LogP contribution in [0.3, 0.4) is 0 Å². The molecule has 3 aliphatic heterocycles. The van der Waals surface area contributed by atoms with Gasteiger partial charge in [-0.25, -0.2) is 0 Å². The van der Waals surface area contributed by atoms with Crippen molar-refractivity contribution in [3.63, 3.8) is 0 Å². The first-order valence-electron chi connectivity index (χ1n) is 30.9. The molecule has 2 unspecified atom stereocenters. The van der Waals surface area contributed by atoms with Crippen LogP contribution in [0.5, 0.6) is 0 Å². The van der Waals surface area contributed by atoms with Crippen molar-refractivity contribution in [3.8, 4) is 11.1 Å². The van der Waals surface area contributed by atoms with Gasteiger partial charge in [0.25, 0.3) is 6.71 Å². The summed E-state index contributed by atoms with van der Waals surface area (Å²) in [6.45, 7) is 39.2. The van der Waals surface area contributed by atoms with Gasteiger partial charge in [-0.05, 0) is 200 Å². The van der Waals surface area contributed by atoms with Crippen LogP contribution >= 0.6 is 0 Å². The van der Waals surface area contributed by atoms with E-state index < -0.39 is 0 Å². The van der Waals surface area contributed by atoms with Crippen LogP contribution < -0.4 is 31.3 Å². The van der Waals surface area contributed by atoms with E-state index in [1.54, 1.807) is 0 Å². The molecule has 0 spiro atoms. The van der Waals surface area contributed by atoms with Gasteiger partial charge in [-0.15, -0.1) is 0 Å². The average Bonchev–Trinajstić information content (AvgIpc) is 2.35. The van der Waals surface area contributed by atoms with Crippen LogP contribution in [0.25, 0.3) is 22.1 Å². The molecule has 1 saturated carbocycles. The highest BCUT2D eigenvalue weighted by molar-refractivity contribution is 7.00. The molecule has 1 fully saturated rings. The molecule has 4 heterocycles. The molecule has 6 aliphatic rings. The molecular weight excluding hydrogens is 982 g/mol. The molecule has 0 radical (unpaired) electrons. The number of benzene rings is 7. The molecule has 414 valence electrons. The van der Waals surface area contributed by atoms with Gasteiger partial charge in [0.2, 0.25) is 0 Å². The van der Waals surface area contributed by atoms with E-state index in [0.29, 0.717) is 0 Å². The summed E-state index contributed by atoms with van der Waals surface area (Å²) < 4.78 is 7.88. The number of fused-ring (bicyclic) bond motifs is 11. The molecule has 1 aromatic heterocycles. The standard InChI is InChI=1S/C76H86BN3O/c1-69(2,3)49-38-50(70(4,5)6)40-52(39-49)78-62-45-58-57(72(9,10)35-36-73(58,11)12)44-60(62)77-66-63(78)41-53(80-61-27-21-20-26-55(61)75(15)32-22-23-33-76(75,80)16)42-64(66)79(51-30-28-48(29-31-51)47-24-18-17-19-25-47)67-54-43-56-59(46-65(54)81-68(67)77)74(13,14)37-34-71(56,7)8/h17-21,24-31,38-46H,22-23,32-37H2,1-16H3. The van der Waals surface area contributed by atoms with Gasteiger partial charge in [0.05, 0.1) is 16.9 Å². The fourth-order valence-corrected chi connectivity index (χ4v) is 16.4. The van der Waals surface area contributed by atoms with Gasteiger partial charge in [-0.2, -0.15) is 0 Å². The zero-order valence-corrected chi connectivity index (χ0v) is 51.7. The molecule has 14 rings (SSSR count). The monoisotopic (exact) mass is 1070 g/mol. The fraction of sp³-hybridized carbons (Fsp3) is 0.421. The Balaban J connectivity index is 1.16. The zero-order chi connectivity index (χ0) is 56.9. The smallest absolute Gasteiger partial charge is 0.297 e. The molecule has 4 nitrogen and oxygen atoms in total. The van der Waals surface area contributed by atoms with E-state index in [4.69, 9.17) is 4.42 Å². The minimum atomic E-state index is -0.184. The van der Waals surface area contributed by atoms with Crippen LogP contribution in [0, 0.1) is 0 Å². The summed E-state index contributed by atoms with van der Waals surface area (Å²) in [4.78, 5) is 8.23. The zero-order valence-electron chi connectivity index (χ0n) is 51.7. The maximum Gasteiger partial charge on any atom is 0.297 e. The second kappa shape index (κ2) is 17.1. The molecule has 2 atom stereocenters. The molecule has 7 aromatic carbocycles. The Morgan fingerprint density at radius 1 is 0.432 bits per heavy atom. The van der Waals surface area contributed by atoms with Crippen LogP contribution in [-0.2, 0) is 37.9 Å². The number of hydrogen-bond acceptors (Lipinski definition) is 4. The van der Waals surface area contributed by atoms with E-state index in [-0.39, 0.29) is 50.2 Å². The van der Waals surface area contributed by atoms with Crippen LogP contribution in [-0.4, -0.2) is 12.3 Å². The number of anilines is 8. The minimum absolute atomic E-state index is 0.00635. The number of hydrogen-bond donors (Lipinski definition) is 0. The van der Waals surface area contributed by atoms with Gasteiger partial charge in [0.1, 0.15) is 5.58 Å². The average molecular weight is 1070 g/mol. The van der Waals surface area contributed by atoms with Crippen molar-refractivity contribution >= 4 is 79.8 Å². The maximum atomic E-state index is 7.88. The van der Waals surface area contributed by atoms with Crippen LogP contribution in [0.15, 0.2) is 138 Å². The number of para-hydroxylation sites is 1. The molecule has 0 N–H and O–H groups in total. The lowest BCUT2D eigenvalue weighted by molar-refractivity contribution is 0.195. The summed E-state index contributed by atoms with van der Waals surface area (Å²) >= 11 is 0. The Hall–Kier alpha value is -6.46. The Kier molecular flexibility index (Phi) is 11.1. The van der Waals surface area contributed by atoms with Crippen molar-refractivity contribution in [2.24, 2.45) is 0 Å². The van der Waals surface area contributed by atoms with Crippen molar-refractivity contribution in [2.45, 2.75) is 206 Å². The minimum Gasteiger partial charge on any atom is -0.468 e. The predicted octanol–water partition coefficient (Wildman–Crippen LogP) is 19.2. The van der Waals surface area contributed by atoms with E-state index in [1.807, 2.05) is 0 Å². The van der Waals surface area contributed by atoms with Crippen molar-refractivity contribution in [1.82, 2.24) is 0 Å². The lowest BCUT2D eigenvalue weighted by atomic mass is 9.35. The van der Waals surface area contributed by atoms with E-state index in [0.717, 1.165) is 49.0 Å². The Morgan fingerprint density at radius 3 is 1.58 bits per heavy atom. The first kappa shape index (κ1) is 52.6. The van der Waals surface area contributed by atoms with Crippen molar-refractivity contribution in [2.75, 3.05) is 14.7 Å². The summed E-state index contributed by atoms with van der Waals surface area (Å²) in [5.74, 6) is 0. The topological polar surface area (TPSA) is 22.9 Å². The van der Waals surface area contributed by atoms with Crippen LogP contribution in [0.4, 0.5) is 45.5 Å². The summed E-state index contributed by atoms with van der Waals surface area (Å²) in [6.07, 6.45) is 9.32. The molecular formula is C76H86BN3O. The molecule has 0 bridgehead atoms. The second-order valence-electron chi connectivity index (χ2n) is 31.0. The summed E-state index contributed by atoms with van der Waals surface area (Å²) in [5, 5.41) is 1.20. The van der Waals surface area contributed by atoms with Crippen LogP contribution in [0.2, 0.25) is 0 Å². The normalized spacial score (nSPS) is 22.6. The third-order valence-corrected chi connectivity index (χ3v) is 22.0. The van der Waals surface area contributed by atoms with Gasteiger partial charge in [-0.1, -0.05) is 189 Å². The van der Waals surface area contributed by atoms with Gasteiger partial charge in [-0.3, -0.25) is 0 Å². The van der Waals surface area contributed by atoms with E-state index in [1.165, 1.54) is 125 Å². The second-order valence-corrected chi connectivity index (χ2v) is 31.0. The van der Waals surface area contributed by atoms with Crippen molar-refractivity contribution < 1.29 is 4.42 Å². The van der Waals surface area contributed by atoms with Crippen LogP contribution in [0.1, 0.15) is 201 Å². The summed E-state index contributed by atoms with van der Waals surface area (Å²) in [5.41, 5.74) is 26.6. The van der Waals surface area contributed by atoms with Crippen molar-refractivity contribution in [3.05, 3.63) is 172 Å². The molecule has 0 amide bonds. The molecule has 5 heteroatoms. The molecule has 3 aliphatic carbocycles. The highest BCUT2D eigenvalue weighted by Crippen LogP contribution is 2.62. The lowest BCUT2D eigenvalue weighted by Gasteiger charge is -2.51. The van der Waals surface area contributed by atoms with E-state index >= 15 is 0 Å². The lowest BCUT2D eigenvalue weighted by Crippen LogP contribution is -2.61. The molecule has 8 aromatic rings. The largest absolute Gasteiger partial charge is 0.468 e. The summed E-state index contributed by atoms with van der Waals surface area (Å²) in [6, 6.07) is 53.1. The SMILES string of the molecule is CC(C)(C)c1cc(N2c3cc4c(cc3B3c5oc6cc7c(cc6c5N(c5ccc(-c6ccccc6)cc5)c5cc(N6c8ccccc8C8(C)CCCCC68C)cc2c53)C(C)(C)CCC7(C)C)C(C)(C)CCC4(C)C)cc(C(C)(C)C)c1. The fourth-order valence-electron chi connectivity index (χ4n) is 16.4. The molecule has 81 heavy (non-hydrogen) atoms. The van der Waals surface area contributed by atoms with Gasteiger partial charge >= 0.3 is 0 Å². The third kappa shape index (κ3) is 7.60. The Bertz CT molecular complexity index is 3880. The first-order valence-corrected chi connectivity index (χ1v) is 30.9. The number of furan rings is 1. The number of rotatable bonds is 4.